The molecule has 0 spiro atoms. The quantitative estimate of drug-likeness (QED) is 0.253. The number of alkyl halides is 1. The number of hydrogen-bond acceptors (Lipinski definition) is 1. The maximum atomic E-state index is 12.4. The summed E-state index contributed by atoms with van der Waals surface area (Å²) in [5, 5.41) is 0. The molecule has 0 radical (unpaired) electrons. The van der Waals surface area contributed by atoms with Gasteiger partial charge in [0, 0.05) is 11.1 Å². The Hall–Kier alpha value is -1.16. The van der Waals surface area contributed by atoms with E-state index in [4.69, 9.17) is 0 Å². The van der Waals surface area contributed by atoms with Crippen LogP contribution in [0, 0.1) is 0 Å². The number of allylic oxidation sites excluding steroid dienone is 6. The summed E-state index contributed by atoms with van der Waals surface area (Å²) in [6.07, 6.45) is 14.3. The Kier molecular flexibility index (Phi) is 6.93. The number of hydrogen-bond donors (Lipinski definition) is 0. The highest BCUT2D eigenvalue weighted by molar-refractivity contribution is 14.1. The van der Waals surface area contributed by atoms with Gasteiger partial charge in [-0.15, -0.1) is 0 Å². The molecule has 0 saturated heterocycles. The van der Waals surface area contributed by atoms with Gasteiger partial charge in [0.1, 0.15) is 0 Å². The normalized spacial score (nSPS) is 16.0. The lowest BCUT2D eigenvalue weighted by atomic mass is 9.95. The molecule has 0 saturated carbocycles. The fourth-order valence-corrected chi connectivity index (χ4v) is 2.91. The van der Waals surface area contributed by atoms with Crippen molar-refractivity contribution in [2.24, 2.45) is 0 Å². The maximum Gasteiger partial charge on any atom is 0.193 e. The van der Waals surface area contributed by atoms with Crippen molar-refractivity contribution in [1.29, 1.82) is 0 Å². The first-order valence-corrected chi connectivity index (χ1v) is 9.07. The molecule has 0 aromatic heterocycles. The van der Waals surface area contributed by atoms with Gasteiger partial charge in [0.05, 0.1) is 0 Å². The fraction of sp³-hybridized carbons (Fsp3) is 0.316. The number of ketones is 1. The number of halogens is 1. The van der Waals surface area contributed by atoms with E-state index in [2.05, 4.69) is 34.7 Å². The standard InChI is InChI=1S/C19H21IO/c20-14-7-2-1-4-9-16-10-8-13-18(15-16)19(21)17-11-5-3-6-12-17/h3,5-6,8-9,11-13,15H,1-2,4,7,10,14H2/b16-9+. The molecule has 1 aliphatic rings. The van der Waals surface area contributed by atoms with E-state index in [1.807, 2.05) is 42.5 Å². The minimum absolute atomic E-state index is 0.113. The molecule has 21 heavy (non-hydrogen) atoms. The zero-order chi connectivity index (χ0) is 14.9. The van der Waals surface area contributed by atoms with Crippen molar-refractivity contribution in [1.82, 2.24) is 0 Å². The Bertz CT molecular complexity index is 552. The Morgan fingerprint density at radius 1 is 1.14 bits per heavy atom. The largest absolute Gasteiger partial charge is 0.289 e. The molecule has 1 aromatic rings. The molecular formula is C19H21IO. The van der Waals surface area contributed by atoms with Crippen LogP contribution < -0.4 is 0 Å². The van der Waals surface area contributed by atoms with Crippen LogP contribution in [0.25, 0.3) is 0 Å². The maximum absolute atomic E-state index is 12.4. The highest BCUT2D eigenvalue weighted by Gasteiger charge is 2.12. The first kappa shape index (κ1) is 16.2. The molecule has 1 nitrogen and oxygen atoms in total. The van der Waals surface area contributed by atoms with Gasteiger partial charge in [0.25, 0.3) is 0 Å². The lowest BCUT2D eigenvalue weighted by Crippen LogP contribution is -2.03. The van der Waals surface area contributed by atoms with Crippen LogP contribution in [0.4, 0.5) is 0 Å². The molecule has 2 heteroatoms. The van der Waals surface area contributed by atoms with Crippen LogP contribution in [-0.4, -0.2) is 10.2 Å². The minimum Gasteiger partial charge on any atom is -0.289 e. The van der Waals surface area contributed by atoms with E-state index in [-0.39, 0.29) is 5.78 Å². The SMILES string of the molecule is O=C(C1=C/C(=C/CCCCCI)CC=C1)c1ccccc1. The molecule has 0 heterocycles. The van der Waals surface area contributed by atoms with Gasteiger partial charge in [-0.3, -0.25) is 4.79 Å². The predicted octanol–water partition coefficient (Wildman–Crippen LogP) is 5.68. The van der Waals surface area contributed by atoms with Crippen molar-refractivity contribution in [2.75, 3.05) is 4.43 Å². The molecule has 0 unspecified atom stereocenters. The third kappa shape index (κ3) is 5.27. The van der Waals surface area contributed by atoms with Gasteiger partial charge in [-0.1, -0.05) is 77.6 Å². The van der Waals surface area contributed by atoms with E-state index in [0.29, 0.717) is 0 Å². The number of Topliss-reactive ketones (excluding diaryl/α,β-unsaturated/α-hetero) is 1. The Balaban J connectivity index is 1.98. The summed E-state index contributed by atoms with van der Waals surface area (Å²) in [7, 11) is 0. The molecule has 0 fully saturated rings. The molecule has 0 atom stereocenters. The average Bonchev–Trinajstić information content (AvgIpc) is 2.55. The van der Waals surface area contributed by atoms with Gasteiger partial charge in [0.2, 0.25) is 0 Å². The van der Waals surface area contributed by atoms with Gasteiger partial charge < -0.3 is 0 Å². The van der Waals surface area contributed by atoms with Crippen LogP contribution in [0.2, 0.25) is 0 Å². The molecule has 2 rings (SSSR count). The van der Waals surface area contributed by atoms with Crippen LogP contribution in [0.15, 0.2) is 65.8 Å². The number of benzene rings is 1. The van der Waals surface area contributed by atoms with Gasteiger partial charge >= 0.3 is 0 Å². The molecule has 0 N–H and O–H groups in total. The van der Waals surface area contributed by atoms with E-state index < -0.39 is 0 Å². The zero-order valence-corrected chi connectivity index (χ0v) is 14.4. The van der Waals surface area contributed by atoms with Crippen LogP contribution >= 0.6 is 22.6 Å². The second-order valence-electron chi connectivity index (χ2n) is 5.22. The van der Waals surface area contributed by atoms with Crippen molar-refractivity contribution >= 4 is 28.4 Å². The monoisotopic (exact) mass is 392 g/mol. The minimum atomic E-state index is 0.113. The van der Waals surface area contributed by atoms with Crippen molar-refractivity contribution in [3.63, 3.8) is 0 Å². The van der Waals surface area contributed by atoms with Crippen LogP contribution in [0.3, 0.4) is 0 Å². The van der Waals surface area contributed by atoms with E-state index in [9.17, 15) is 4.79 Å². The Labute approximate surface area is 141 Å². The molecule has 0 amide bonds. The van der Waals surface area contributed by atoms with Gasteiger partial charge in [-0.2, -0.15) is 0 Å². The summed E-state index contributed by atoms with van der Waals surface area (Å²) in [6, 6.07) is 9.50. The highest BCUT2D eigenvalue weighted by atomic mass is 127. The molecule has 0 aliphatic heterocycles. The summed E-state index contributed by atoms with van der Waals surface area (Å²) < 4.78 is 1.24. The number of unbranched alkanes of at least 4 members (excludes halogenated alkanes) is 3. The van der Waals surface area contributed by atoms with E-state index in [1.54, 1.807) is 0 Å². The topological polar surface area (TPSA) is 17.1 Å². The summed E-state index contributed by atoms with van der Waals surface area (Å²) in [4.78, 5) is 12.4. The van der Waals surface area contributed by atoms with Crippen molar-refractivity contribution in [3.05, 3.63) is 71.3 Å². The second-order valence-corrected chi connectivity index (χ2v) is 6.30. The van der Waals surface area contributed by atoms with Crippen LogP contribution in [-0.2, 0) is 0 Å². The fourth-order valence-electron chi connectivity index (χ4n) is 2.37. The van der Waals surface area contributed by atoms with Gasteiger partial charge in [-0.25, -0.2) is 0 Å². The van der Waals surface area contributed by atoms with Crippen molar-refractivity contribution in [3.8, 4) is 0 Å². The molecule has 110 valence electrons. The summed E-state index contributed by atoms with van der Waals surface area (Å²) in [6.45, 7) is 0. The summed E-state index contributed by atoms with van der Waals surface area (Å²) >= 11 is 2.43. The van der Waals surface area contributed by atoms with Crippen molar-refractivity contribution in [2.45, 2.75) is 32.1 Å². The molecule has 0 bridgehead atoms. The molecule has 1 aromatic carbocycles. The van der Waals surface area contributed by atoms with Crippen LogP contribution in [0.1, 0.15) is 42.5 Å². The Morgan fingerprint density at radius 3 is 2.71 bits per heavy atom. The van der Waals surface area contributed by atoms with E-state index in [1.165, 1.54) is 29.3 Å². The summed E-state index contributed by atoms with van der Waals surface area (Å²) in [5.41, 5.74) is 2.83. The first-order valence-electron chi connectivity index (χ1n) is 7.54. The second kappa shape index (κ2) is 8.98. The first-order chi connectivity index (χ1) is 10.3. The third-order valence-electron chi connectivity index (χ3n) is 3.53. The van der Waals surface area contributed by atoms with Gasteiger partial charge in [-0.05, 0) is 41.8 Å². The van der Waals surface area contributed by atoms with E-state index in [0.717, 1.165) is 24.0 Å². The zero-order valence-electron chi connectivity index (χ0n) is 12.2. The molecule has 1 aliphatic carbocycles. The predicted molar refractivity (Wildman–Crippen MR) is 98.1 cm³/mol. The number of rotatable bonds is 7. The highest BCUT2D eigenvalue weighted by Crippen LogP contribution is 2.20. The van der Waals surface area contributed by atoms with Crippen LogP contribution in [0.5, 0.6) is 0 Å². The number of carbonyl (C=O) groups is 1. The Morgan fingerprint density at radius 2 is 1.95 bits per heavy atom. The number of carbonyl (C=O) groups excluding carboxylic acids is 1. The van der Waals surface area contributed by atoms with Gasteiger partial charge in [0.15, 0.2) is 5.78 Å². The lowest BCUT2D eigenvalue weighted by molar-refractivity contribution is 0.103. The van der Waals surface area contributed by atoms with E-state index >= 15 is 0 Å². The smallest absolute Gasteiger partial charge is 0.193 e. The van der Waals surface area contributed by atoms with Crippen molar-refractivity contribution < 1.29 is 4.79 Å². The summed E-state index contributed by atoms with van der Waals surface area (Å²) in [5.74, 6) is 0.113. The third-order valence-corrected chi connectivity index (χ3v) is 4.30. The average molecular weight is 392 g/mol. The lowest BCUT2D eigenvalue weighted by Gasteiger charge is -2.09. The molecular weight excluding hydrogens is 371 g/mol.